The van der Waals surface area contributed by atoms with Crippen LogP contribution in [0.2, 0.25) is 0 Å². The molecule has 3 rings (SSSR count). The summed E-state index contributed by atoms with van der Waals surface area (Å²) in [6.45, 7) is 12.1. The number of rotatable bonds is 6. The van der Waals surface area contributed by atoms with Crippen molar-refractivity contribution in [1.82, 2.24) is 24.5 Å². The number of nitrogens with zero attached hydrogens (tertiary/aromatic N) is 5. The first-order valence-corrected chi connectivity index (χ1v) is 9.10. The van der Waals surface area contributed by atoms with Crippen LogP contribution in [0.3, 0.4) is 0 Å². The molecule has 23 heavy (non-hydrogen) atoms. The second kappa shape index (κ2) is 8.24. The Kier molecular flexibility index (Phi) is 6.05. The van der Waals surface area contributed by atoms with E-state index in [9.17, 15) is 0 Å². The van der Waals surface area contributed by atoms with Gasteiger partial charge in [0.2, 0.25) is 0 Å². The molecule has 1 aromatic rings. The van der Waals surface area contributed by atoms with Crippen LogP contribution in [0, 0.1) is 0 Å². The van der Waals surface area contributed by atoms with Gasteiger partial charge in [0, 0.05) is 71.1 Å². The fourth-order valence-electron chi connectivity index (χ4n) is 3.83. The van der Waals surface area contributed by atoms with Crippen LogP contribution in [-0.2, 0) is 13.1 Å². The Morgan fingerprint density at radius 1 is 1.09 bits per heavy atom. The van der Waals surface area contributed by atoms with Crippen molar-refractivity contribution >= 4 is 0 Å². The third-order valence-electron chi connectivity index (χ3n) is 5.30. The number of aliphatic hydroxyl groups excluding tert-OH is 1. The SMILES string of the molecule is CCn1ccc(CN2CCC(N3CCN(CCO)CC3)CC2)n1. The van der Waals surface area contributed by atoms with Crippen molar-refractivity contribution in [3.63, 3.8) is 0 Å². The van der Waals surface area contributed by atoms with Crippen LogP contribution in [0.15, 0.2) is 12.3 Å². The number of hydrogen-bond acceptors (Lipinski definition) is 5. The molecule has 1 aromatic heterocycles. The second-order valence-electron chi connectivity index (χ2n) is 6.77. The molecule has 0 amide bonds. The normalized spacial score (nSPS) is 22.7. The van der Waals surface area contributed by atoms with Gasteiger partial charge in [-0.2, -0.15) is 5.10 Å². The van der Waals surface area contributed by atoms with E-state index in [-0.39, 0.29) is 6.61 Å². The largest absolute Gasteiger partial charge is 0.395 e. The van der Waals surface area contributed by atoms with Crippen molar-refractivity contribution in [3.8, 4) is 0 Å². The van der Waals surface area contributed by atoms with Gasteiger partial charge in [-0.1, -0.05) is 0 Å². The van der Waals surface area contributed by atoms with Crippen molar-refractivity contribution in [2.75, 3.05) is 52.4 Å². The van der Waals surface area contributed by atoms with Crippen LogP contribution in [-0.4, -0.2) is 88.0 Å². The summed E-state index contributed by atoms with van der Waals surface area (Å²) in [7, 11) is 0. The quantitative estimate of drug-likeness (QED) is 0.826. The highest BCUT2D eigenvalue weighted by Gasteiger charge is 2.27. The van der Waals surface area contributed by atoms with E-state index in [0.717, 1.165) is 51.9 Å². The van der Waals surface area contributed by atoms with Crippen molar-refractivity contribution < 1.29 is 5.11 Å². The van der Waals surface area contributed by atoms with E-state index in [1.165, 1.54) is 31.6 Å². The summed E-state index contributed by atoms with van der Waals surface area (Å²) >= 11 is 0. The molecule has 2 aliphatic rings. The van der Waals surface area contributed by atoms with Gasteiger partial charge in [0.15, 0.2) is 0 Å². The molecule has 0 spiro atoms. The minimum atomic E-state index is 0.284. The number of aliphatic hydroxyl groups is 1. The maximum Gasteiger partial charge on any atom is 0.0764 e. The minimum absolute atomic E-state index is 0.284. The highest BCUT2D eigenvalue weighted by molar-refractivity contribution is 4.99. The average Bonchev–Trinajstić information content (AvgIpc) is 3.04. The molecule has 0 unspecified atom stereocenters. The highest BCUT2D eigenvalue weighted by atomic mass is 16.3. The van der Waals surface area contributed by atoms with Crippen LogP contribution in [0.25, 0.3) is 0 Å². The average molecular weight is 321 g/mol. The van der Waals surface area contributed by atoms with E-state index in [1.807, 2.05) is 4.68 Å². The lowest BCUT2D eigenvalue weighted by Crippen LogP contribution is -2.53. The zero-order valence-electron chi connectivity index (χ0n) is 14.4. The minimum Gasteiger partial charge on any atom is -0.395 e. The number of β-amino-alcohol motifs (C(OH)–C–C–N with tert-alkyl or cyclic N) is 1. The number of piperazine rings is 1. The van der Waals surface area contributed by atoms with Crippen molar-refractivity contribution in [3.05, 3.63) is 18.0 Å². The monoisotopic (exact) mass is 321 g/mol. The number of piperidine rings is 1. The maximum atomic E-state index is 9.03. The van der Waals surface area contributed by atoms with Crippen LogP contribution >= 0.6 is 0 Å². The number of hydrogen-bond donors (Lipinski definition) is 1. The first-order chi connectivity index (χ1) is 11.3. The van der Waals surface area contributed by atoms with Gasteiger partial charge in [0.25, 0.3) is 0 Å². The van der Waals surface area contributed by atoms with Crippen molar-refractivity contribution in [1.29, 1.82) is 0 Å². The Labute approximate surface area is 139 Å². The Morgan fingerprint density at radius 2 is 1.83 bits per heavy atom. The van der Waals surface area contributed by atoms with Gasteiger partial charge in [0.1, 0.15) is 0 Å². The summed E-state index contributed by atoms with van der Waals surface area (Å²) < 4.78 is 2.01. The topological polar surface area (TPSA) is 47.8 Å². The van der Waals surface area contributed by atoms with Gasteiger partial charge >= 0.3 is 0 Å². The molecule has 3 heterocycles. The summed E-state index contributed by atoms with van der Waals surface area (Å²) in [5.41, 5.74) is 1.20. The summed E-state index contributed by atoms with van der Waals surface area (Å²) in [4.78, 5) is 7.58. The van der Waals surface area contributed by atoms with Crippen LogP contribution < -0.4 is 0 Å². The van der Waals surface area contributed by atoms with Gasteiger partial charge in [-0.3, -0.25) is 19.4 Å². The fourth-order valence-corrected chi connectivity index (χ4v) is 3.83. The van der Waals surface area contributed by atoms with Gasteiger partial charge in [-0.15, -0.1) is 0 Å². The Balaban J connectivity index is 1.40. The molecule has 2 fully saturated rings. The molecule has 0 radical (unpaired) electrons. The Morgan fingerprint density at radius 3 is 2.43 bits per heavy atom. The lowest BCUT2D eigenvalue weighted by molar-refractivity contribution is 0.0514. The molecule has 1 N–H and O–H groups in total. The molecule has 130 valence electrons. The molecule has 6 heteroatoms. The summed E-state index contributed by atoms with van der Waals surface area (Å²) in [5.74, 6) is 0. The van der Waals surface area contributed by atoms with Gasteiger partial charge < -0.3 is 5.11 Å². The third-order valence-corrected chi connectivity index (χ3v) is 5.30. The van der Waals surface area contributed by atoms with Gasteiger partial charge in [-0.25, -0.2) is 0 Å². The van der Waals surface area contributed by atoms with E-state index in [1.54, 1.807) is 0 Å². The van der Waals surface area contributed by atoms with Crippen LogP contribution in [0.4, 0.5) is 0 Å². The third kappa shape index (κ3) is 4.53. The van der Waals surface area contributed by atoms with Crippen molar-refractivity contribution in [2.24, 2.45) is 0 Å². The zero-order chi connectivity index (χ0) is 16.1. The van der Waals surface area contributed by atoms with E-state index in [2.05, 4.69) is 39.0 Å². The van der Waals surface area contributed by atoms with E-state index < -0.39 is 0 Å². The van der Waals surface area contributed by atoms with E-state index >= 15 is 0 Å². The molecule has 0 bridgehead atoms. The zero-order valence-corrected chi connectivity index (χ0v) is 14.4. The van der Waals surface area contributed by atoms with Crippen LogP contribution in [0.1, 0.15) is 25.5 Å². The number of aryl methyl sites for hydroxylation is 1. The lowest BCUT2D eigenvalue weighted by atomic mass is 10.0. The molecular weight excluding hydrogens is 290 g/mol. The molecule has 2 saturated heterocycles. The van der Waals surface area contributed by atoms with Gasteiger partial charge in [0.05, 0.1) is 12.3 Å². The molecule has 0 aliphatic carbocycles. The highest BCUT2D eigenvalue weighted by Crippen LogP contribution is 2.19. The summed E-state index contributed by atoms with van der Waals surface area (Å²) in [5, 5.41) is 13.6. The number of aromatic nitrogens is 2. The summed E-state index contributed by atoms with van der Waals surface area (Å²) in [6.07, 6.45) is 4.62. The Hall–Kier alpha value is -0.950. The van der Waals surface area contributed by atoms with E-state index in [4.69, 9.17) is 5.11 Å². The molecule has 0 atom stereocenters. The number of likely N-dealkylation sites (tertiary alicyclic amines) is 1. The second-order valence-corrected chi connectivity index (χ2v) is 6.77. The van der Waals surface area contributed by atoms with Crippen LogP contribution in [0.5, 0.6) is 0 Å². The van der Waals surface area contributed by atoms with Crippen molar-refractivity contribution in [2.45, 2.75) is 38.9 Å². The fraction of sp³-hybridized carbons (Fsp3) is 0.824. The molecule has 6 nitrogen and oxygen atoms in total. The smallest absolute Gasteiger partial charge is 0.0764 e. The standard InChI is InChI=1S/C17H31N5O/c1-2-22-8-3-16(18-22)15-20-6-4-17(5-7-20)21-11-9-19(10-12-21)13-14-23/h3,8,17,23H,2,4-7,9-15H2,1H3. The lowest BCUT2D eigenvalue weighted by Gasteiger charge is -2.42. The first kappa shape index (κ1) is 16.9. The predicted octanol–water partition coefficient (Wildman–Crippen LogP) is 0.477. The Bertz CT molecular complexity index is 461. The van der Waals surface area contributed by atoms with Gasteiger partial charge in [-0.05, 0) is 25.8 Å². The first-order valence-electron chi connectivity index (χ1n) is 9.10. The summed E-state index contributed by atoms with van der Waals surface area (Å²) in [6, 6.07) is 2.89. The maximum absolute atomic E-state index is 9.03. The molecule has 0 saturated carbocycles. The van der Waals surface area contributed by atoms with E-state index in [0.29, 0.717) is 0 Å². The molecular formula is C17H31N5O. The molecule has 0 aromatic carbocycles. The molecule has 2 aliphatic heterocycles. The predicted molar refractivity (Wildman–Crippen MR) is 91.3 cm³/mol.